The second-order valence-corrected chi connectivity index (χ2v) is 13.6. The summed E-state index contributed by atoms with van der Waals surface area (Å²) in [4.78, 5) is 20.9. The van der Waals surface area contributed by atoms with Gasteiger partial charge in [0.15, 0.2) is 5.65 Å². The number of carboxylic acids is 1. The highest BCUT2D eigenvalue weighted by Gasteiger charge is 2.40. The Morgan fingerprint density at radius 1 is 1.11 bits per heavy atom. The average molecular weight is 644 g/mol. The fraction of sp³-hybridized carbons (Fsp3) is 0.400. The van der Waals surface area contributed by atoms with E-state index in [4.69, 9.17) is 0 Å². The van der Waals surface area contributed by atoms with E-state index in [1.165, 1.54) is 16.6 Å². The Morgan fingerprint density at radius 2 is 1.89 bits per heavy atom. The number of hydrogen-bond acceptors (Lipinski definition) is 8. The molecule has 5 heterocycles. The predicted octanol–water partition coefficient (Wildman–Crippen LogP) is 3.69. The van der Waals surface area contributed by atoms with Gasteiger partial charge >= 0.3 is 12.1 Å². The van der Waals surface area contributed by atoms with Crippen molar-refractivity contribution in [1.29, 1.82) is 0 Å². The third-order valence-electron chi connectivity index (χ3n) is 8.74. The highest BCUT2D eigenvalue weighted by Crippen LogP contribution is 2.37. The average Bonchev–Trinajstić information content (AvgIpc) is 3.40. The molecular weight excluding hydrogens is 611 g/mol. The number of fused-ring (bicyclic) bond motifs is 4. The maximum atomic E-state index is 14.1. The van der Waals surface area contributed by atoms with Gasteiger partial charge in [-0.05, 0) is 66.9 Å². The van der Waals surface area contributed by atoms with Gasteiger partial charge in [0.2, 0.25) is 15.8 Å². The van der Waals surface area contributed by atoms with Crippen molar-refractivity contribution in [3.05, 3.63) is 82.4 Å². The van der Waals surface area contributed by atoms with Crippen LogP contribution >= 0.6 is 0 Å². The lowest BCUT2D eigenvalue weighted by molar-refractivity contribution is -0.145. The number of benzene rings is 1. The third-order valence-corrected chi connectivity index (χ3v) is 10.6. The summed E-state index contributed by atoms with van der Waals surface area (Å²) < 4.78 is 70.8. The lowest BCUT2D eigenvalue weighted by Crippen LogP contribution is -2.55. The lowest BCUT2D eigenvalue weighted by atomic mass is 9.85. The second-order valence-electron chi connectivity index (χ2n) is 11.7. The molecule has 1 N–H and O–H groups in total. The molecule has 4 aromatic rings. The van der Waals surface area contributed by atoms with Crippen LogP contribution in [0, 0.1) is 13.8 Å². The van der Waals surface area contributed by atoms with Crippen LogP contribution in [-0.2, 0) is 27.5 Å². The monoisotopic (exact) mass is 643 g/mol. The van der Waals surface area contributed by atoms with E-state index in [1.807, 2.05) is 20.0 Å². The summed E-state index contributed by atoms with van der Waals surface area (Å²) in [6, 6.07) is 9.90. The lowest BCUT2D eigenvalue weighted by Gasteiger charge is -2.40. The molecule has 6 rings (SSSR count). The van der Waals surface area contributed by atoms with Crippen molar-refractivity contribution in [2.45, 2.75) is 49.8 Å². The number of hydrogen-bond donors (Lipinski definition) is 1. The first-order chi connectivity index (χ1) is 21.3. The maximum absolute atomic E-state index is 14.1. The Hall–Kier alpha value is -4.08. The third kappa shape index (κ3) is 5.64. The summed E-state index contributed by atoms with van der Waals surface area (Å²) in [6.07, 6.45) is -2.26. The van der Waals surface area contributed by atoms with Gasteiger partial charge in [0, 0.05) is 51.0 Å². The van der Waals surface area contributed by atoms with Gasteiger partial charge in [0.1, 0.15) is 10.7 Å². The molecule has 0 amide bonds. The van der Waals surface area contributed by atoms with E-state index in [0.717, 1.165) is 16.5 Å². The molecule has 0 aliphatic carbocycles. The molecule has 0 unspecified atom stereocenters. The maximum Gasteiger partial charge on any atom is 0.452 e. The first-order valence-corrected chi connectivity index (χ1v) is 15.8. The number of carbonyl (C=O) groups is 1. The zero-order valence-electron chi connectivity index (χ0n) is 24.9. The number of sulfonamides is 1. The van der Waals surface area contributed by atoms with Crippen molar-refractivity contribution < 1.29 is 31.5 Å². The van der Waals surface area contributed by atoms with Crippen molar-refractivity contribution in [1.82, 2.24) is 28.8 Å². The van der Waals surface area contributed by atoms with Crippen LogP contribution in [0.5, 0.6) is 0 Å². The quantitative estimate of drug-likeness (QED) is 0.335. The highest BCUT2D eigenvalue weighted by molar-refractivity contribution is 7.89. The minimum absolute atomic E-state index is 0.0208. The van der Waals surface area contributed by atoms with Crippen LogP contribution in [-0.4, -0.2) is 87.5 Å². The number of anilines is 1. The first-order valence-electron chi connectivity index (χ1n) is 14.4. The van der Waals surface area contributed by atoms with Crippen LogP contribution in [0.4, 0.5) is 19.0 Å². The number of nitrogens with zero attached hydrogens (tertiary/aromatic N) is 7. The number of aromatic nitrogens is 4. The summed E-state index contributed by atoms with van der Waals surface area (Å²) in [6.45, 7) is 5.79. The molecule has 0 radical (unpaired) electrons. The number of piperazine rings is 1. The summed E-state index contributed by atoms with van der Waals surface area (Å²) in [5.41, 5.74) is 2.94. The van der Waals surface area contributed by atoms with Gasteiger partial charge in [0.25, 0.3) is 0 Å². The largest absolute Gasteiger partial charge is 0.481 e. The molecule has 3 aromatic heterocycles. The number of aryl methyl sites for hydroxylation is 2. The Morgan fingerprint density at radius 3 is 2.62 bits per heavy atom. The van der Waals surface area contributed by atoms with Gasteiger partial charge in [-0.25, -0.2) is 13.4 Å². The standard InChI is InChI=1S/C30H32F3N7O4S/c1-18-6-7-20(24(14-26(41)42)23-8-10-40-27(19(23)2)35-36-29(40)30(31,32)33)13-21(18)15-38-17-22-16-37(3)11-12-39(22)28-25(45(38,43)44)5-4-9-34-28/h4-10,13,22,24H,11-12,14-17H2,1-3H3,(H,41,42)/t22-,24-/m1/s1. The fourth-order valence-corrected chi connectivity index (χ4v) is 7.99. The van der Waals surface area contributed by atoms with E-state index in [0.29, 0.717) is 41.2 Å². The molecule has 0 bridgehead atoms. The van der Waals surface area contributed by atoms with Crippen molar-refractivity contribution in [3.63, 3.8) is 0 Å². The molecule has 0 saturated carbocycles. The summed E-state index contributed by atoms with van der Waals surface area (Å²) in [5, 5.41) is 16.9. The second kappa shape index (κ2) is 11.4. The van der Waals surface area contributed by atoms with Crippen LogP contribution in [0.25, 0.3) is 5.65 Å². The molecule has 15 heteroatoms. The van der Waals surface area contributed by atoms with Gasteiger partial charge in [-0.15, -0.1) is 10.2 Å². The normalized spacial score (nSPS) is 19.6. The number of rotatable bonds is 6. The Labute approximate surface area is 258 Å². The van der Waals surface area contributed by atoms with Crippen molar-refractivity contribution in [3.8, 4) is 0 Å². The molecule has 1 fully saturated rings. The molecule has 11 nitrogen and oxygen atoms in total. The smallest absolute Gasteiger partial charge is 0.452 e. The topological polar surface area (TPSA) is 124 Å². The highest BCUT2D eigenvalue weighted by atomic mass is 32.2. The van der Waals surface area contributed by atoms with E-state index >= 15 is 0 Å². The summed E-state index contributed by atoms with van der Waals surface area (Å²) >= 11 is 0. The zero-order chi connectivity index (χ0) is 32.3. The number of pyridine rings is 2. The van der Waals surface area contributed by atoms with Gasteiger partial charge in [-0.3, -0.25) is 9.20 Å². The van der Waals surface area contributed by atoms with Crippen molar-refractivity contribution in [2.75, 3.05) is 38.1 Å². The molecule has 2 atom stereocenters. The number of carboxylic acid groups (broad SMARTS) is 1. The Kier molecular flexibility index (Phi) is 7.82. The minimum Gasteiger partial charge on any atom is -0.481 e. The number of halogens is 3. The molecule has 0 spiro atoms. The number of aliphatic carboxylic acids is 1. The van der Waals surface area contributed by atoms with Crippen LogP contribution in [0.3, 0.4) is 0 Å². The van der Waals surface area contributed by atoms with Gasteiger partial charge in [-0.1, -0.05) is 18.2 Å². The number of alkyl halides is 3. The fourth-order valence-electron chi connectivity index (χ4n) is 6.39. The first kappa shape index (κ1) is 30.9. The predicted molar refractivity (Wildman–Crippen MR) is 158 cm³/mol. The van der Waals surface area contributed by atoms with Crippen molar-refractivity contribution in [2.24, 2.45) is 0 Å². The minimum atomic E-state index is -4.71. The van der Waals surface area contributed by atoms with Crippen LogP contribution in [0.1, 0.15) is 46.0 Å². The van der Waals surface area contributed by atoms with Crippen LogP contribution in [0.2, 0.25) is 0 Å². The molecular formula is C30H32F3N7O4S. The van der Waals surface area contributed by atoms with Gasteiger partial charge in [-0.2, -0.15) is 17.5 Å². The van der Waals surface area contributed by atoms with E-state index in [2.05, 4.69) is 25.0 Å². The van der Waals surface area contributed by atoms with Gasteiger partial charge in [0.05, 0.1) is 12.5 Å². The van der Waals surface area contributed by atoms with E-state index < -0.39 is 33.9 Å². The zero-order valence-corrected chi connectivity index (χ0v) is 25.7. The summed E-state index contributed by atoms with van der Waals surface area (Å²) in [7, 11) is -1.95. The van der Waals surface area contributed by atoms with Crippen molar-refractivity contribution >= 4 is 27.5 Å². The Bertz CT molecular complexity index is 1900. The molecule has 45 heavy (non-hydrogen) atoms. The molecule has 1 aromatic carbocycles. The molecule has 2 aliphatic rings. The van der Waals surface area contributed by atoms with Crippen LogP contribution in [0.15, 0.2) is 53.7 Å². The van der Waals surface area contributed by atoms with E-state index in [-0.39, 0.29) is 36.1 Å². The van der Waals surface area contributed by atoms with E-state index in [1.54, 1.807) is 37.4 Å². The molecule has 2 aliphatic heterocycles. The van der Waals surface area contributed by atoms with E-state index in [9.17, 15) is 31.5 Å². The SMILES string of the molecule is Cc1ccc([C@@H](CC(=O)O)c2ccn3c(C(F)(F)F)nnc3c2C)cc1CN1C[C@H]2CN(C)CCN2c2ncccc2S1(=O)=O. The van der Waals surface area contributed by atoms with Crippen LogP contribution < -0.4 is 4.90 Å². The molecule has 238 valence electrons. The summed E-state index contributed by atoms with van der Waals surface area (Å²) in [5.74, 6) is -2.57. The Balaban J connectivity index is 1.40. The van der Waals surface area contributed by atoms with Gasteiger partial charge < -0.3 is 14.9 Å². The molecule has 1 saturated heterocycles. The number of likely N-dealkylation sites (N-methyl/N-ethyl adjacent to an activating group) is 1.